The van der Waals surface area contributed by atoms with Gasteiger partial charge < -0.3 is 10.8 Å². The van der Waals surface area contributed by atoms with Crippen LogP contribution >= 0.6 is 0 Å². The van der Waals surface area contributed by atoms with Crippen molar-refractivity contribution >= 4 is 5.69 Å². The molecule has 2 aromatic rings. The molecule has 0 heterocycles. The molecule has 20 heavy (non-hydrogen) atoms. The standard InChI is InChI=1S/C17H22N2O/c1-2-10-19(12-14-6-4-3-5-7-14)13-15-11-16(18)8-9-17(15)20/h3-9,11,20H,2,10,12-13,18H2,1H3. The zero-order valence-corrected chi connectivity index (χ0v) is 11.9. The molecule has 0 aliphatic heterocycles. The SMILES string of the molecule is CCCN(Cc1ccccc1)Cc1cc(N)ccc1O. The number of hydrogen-bond donors (Lipinski definition) is 2. The molecule has 0 aromatic heterocycles. The fourth-order valence-electron chi connectivity index (χ4n) is 2.34. The van der Waals surface area contributed by atoms with Crippen LogP contribution < -0.4 is 5.73 Å². The van der Waals surface area contributed by atoms with Gasteiger partial charge in [-0.15, -0.1) is 0 Å². The average Bonchev–Trinajstić information content (AvgIpc) is 2.44. The average molecular weight is 270 g/mol. The van der Waals surface area contributed by atoms with Gasteiger partial charge in [-0.05, 0) is 36.7 Å². The fraction of sp³-hybridized carbons (Fsp3) is 0.294. The minimum atomic E-state index is 0.313. The van der Waals surface area contributed by atoms with E-state index >= 15 is 0 Å². The second kappa shape index (κ2) is 6.96. The van der Waals surface area contributed by atoms with Crippen LogP contribution in [-0.2, 0) is 13.1 Å². The molecule has 0 saturated heterocycles. The maximum atomic E-state index is 9.94. The quantitative estimate of drug-likeness (QED) is 0.625. The Hall–Kier alpha value is -2.00. The van der Waals surface area contributed by atoms with Crippen LogP contribution in [0.3, 0.4) is 0 Å². The van der Waals surface area contributed by atoms with Crippen LogP contribution in [0.15, 0.2) is 48.5 Å². The third-order valence-corrected chi connectivity index (χ3v) is 3.29. The highest BCUT2D eigenvalue weighted by Gasteiger charge is 2.09. The number of hydrogen-bond acceptors (Lipinski definition) is 3. The monoisotopic (exact) mass is 270 g/mol. The van der Waals surface area contributed by atoms with E-state index in [9.17, 15) is 5.11 Å². The lowest BCUT2D eigenvalue weighted by atomic mass is 10.1. The minimum Gasteiger partial charge on any atom is -0.508 e. The molecular weight excluding hydrogens is 248 g/mol. The van der Waals surface area contributed by atoms with E-state index in [1.807, 2.05) is 12.1 Å². The highest BCUT2D eigenvalue weighted by molar-refractivity contribution is 5.47. The summed E-state index contributed by atoms with van der Waals surface area (Å²) in [4.78, 5) is 2.32. The predicted octanol–water partition coefficient (Wildman–Crippen LogP) is 3.39. The van der Waals surface area contributed by atoms with Gasteiger partial charge in [0.2, 0.25) is 0 Å². The number of nitrogen functional groups attached to an aromatic ring is 1. The third-order valence-electron chi connectivity index (χ3n) is 3.29. The molecule has 0 aliphatic rings. The Balaban J connectivity index is 2.11. The molecule has 0 amide bonds. The van der Waals surface area contributed by atoms with E-state index in [0.717, 1.165) is 25.1 Å². The van der Waals surface area contributed by atoms with Gasteiger partial charge in [0.15, 0.2) is 0 Å². The molecule has 0 fully saturated rings. The summed E-state index contributed by atoms with van der Waals surface area (Å²) in [5.74, 6) is 0.313. The van der Waals surface area contributed by atoms with E-state index in [1.54, 1.807) is 12.1 Å². The van der Waals surface area contributed by atoms with Gasteiger partial charge in [-0.1, -0.05) is 37.3 Å². The number of nitrogens with two attached hydrogens (primary N) is 1. The lowest BCUT2D eigenvalue weighted by Crippen LogP contribution is -2.23. The smallest absolute Gasteiger partial charge is 0.120 e. The fourth-order valence-corrected chi connectivity index (χ4v) is 2.34. The second-order valence-corrected chi connectivity index (χ2v) is 5.08. The summed E-state index contributed by atoms with van der Waals surface area (Å²) >= 11 is 0. The van der Waals surface area contributed by atoms with E-state index in [2.05, 4.69) is 36.1 Å². The van der Waals surface area contributed by atoms with Crippen molar-refractivity contribution < 1.29 is 5.11 Å². The number of anilines is 1. The van der Waals surface area contributed by atoms with Crippen molar-refractivity contribution in [3.63, 3.8) is 0 Å². The molecule has 0 unspecified atom stereocenters. The summed E-state index contributed by atoms with van der Waals surface area (Å²) in [6, 6.07) is 15.6. The third kappa shape index (κ3) is 4.00. The van der Waals surface area contributed by atoms with Crippen molar-refractivity contribution in [1.29, 1.82) is 0 Å². The van der Waals surface area contributed by atoms with E-state index in [-0.39, 0.29) is 0 Å². The summed E-state index contributed by atoms with van der Waals surface area (Å²) in [6.45, 7) is 4.74. The first-order valence-electron chi connectivity index (χ1n) is 7.02. The summed E-state index contributed by atoms with van der Waals surface area (Å²) in [5, 5.41) is 9.94. The van der Waals surface area contributed by atoms with Gasteiger partial charge in [-0.3, -0.25) is 4.90 Å². The van der Waals surface area contributed by atoms with Crippen molar-refractivity contribution in [3.8, 4) is 5.75 Å². The summed E-state index contributed by atoms with van der Waals surface area (Å²) in [5.41, 5.74) is 8.65. The number of benzene rings is 2. The summed E-state index contributed by atoms with van der Waals surface area (Å²) < 4.78 is 0. The summed E-state index contributed by atoms with van der Waals surface area (Å²) in [7, 11) is 0. The first-order valence-corrected chi connectivity index (χ1v) is 7.02. The second-order valence-electron chi connectivity index (χ2n) is 5.08. The Labute approximate surface area is 120 Å². The topological polar surface area (TPSA) is 49.5 Å². The van der Waals surface area contributed by atoms with Gasteiger partial charge in [0.1, 0.15) is 5.75 Å². The van der Waals surface area contributed by atoms with Crippen LogP contribution in [0.25, 0.3) is 0 Å². The lowest BCUT2D eigenvalue weighted by molar-refractivity contribution is 0.254. The summed E-state index contributed by atoms with van der Waals surface area (Å²) in [6.07, 6.45) is 1.08. The van der Waals surface area contributed by atoms with Gasteiger partial charge in [0.25, 0.3) is 0 Å². The van der Waals surface area contributed by atoms with Crippen LogP contribution in [0.5, 0.6) is 5.75 Å². The Bertz CT molecular complexity index is 540. The van der Waals surface area contributed by atoms with Gasteiger partial charge in [-0.2, -0.15) is 0 Å². The zero-order chi connectivity index (χ0) is 14.4. The maximum absolute atomic E-state index is 9.94. The molecule has 3 nitrogen and oxygen atoms in total. The Morgan fingerprint density at radius 3 is 2.50 bits per heavy atom. The Kier molecular flexibility index (Phi) is 5.02. The van der Waals surface area contributed by atoms with Gasteiger partial charge in [0.05, 0.1) is 0 Å². The molecule has 0 radical (unpaired) electrons. The lowest BCUT2D eigenvalue weighted by Gasteiger charge is -2.22. The van der Waals surface area contributed by atoms with Crippen LogP contribution in [-0.4, -0.2) is 16.6 Å². The number of rotatable bonds is 6. The van der Waals surface area contributed by atoms with Crippen molar-refractivity contribution in [2.75, 3.05) is 12.3 Å². The molecule has 0 saturated carbocycles. The van der Waals surface area contributed by atoms with Crippen LogP contribution in [0.1, 0.15) is 24.5 Å². The van der Waals surface area contributed by atoms with Crippen molar-refractivity contribution in [2.45, 2.75) is 26.4 Å². The highest BCUT2D eigenvalue weighted by atomic mass is 16.3. The number of aromatic hydroxyl groups is 1. The Morgan fingerprint density at radius 1 is 1.05 bits per heavy atom. The largest absolute Gasteiger partial charge is 0.508 e. The molecule has 0 aliphatic carbocycles. The van der Waals surface area contributed by atoms with Crippen molar-refractivity contribution in [1.82, 2.24) is 4.90 Å². The maximum Gasteiger partial charge on any atom is 0.120 e. The van der Waals surface area contributed by atoms with Crippen LogP contribution in [0, 0.1) is 0 Å². The van der Waals surface area contributed by atoms with Crippen LogP contribution in [0.2, 0.25) is 0 Å². The van der Waals surface area contributed by atoms with E-state index < -0.39 is 0 Å². The highest BCUT2D eigenvalue weighted by Crippen LogP contribution is 2.22. The van der Waals surface area contributed by atoms with Gasteiger partial charge >= 0.3 is 0 Å². The number of phenolic OH excluding ortho intramolecular Hbond substituents is 1. The van der Waals surface area contributed by atoms with Crippen molar-refractivity contribution in [2.24, 2.45) is 0 Å². The molecular formula is C17H22N2O. The predicted molar refractivity (Wildman–Crippen MR) is 83.4 cm³/mol. The molecule has 2 aromatic carbocycles. The van der Waals surface area contributed by atoms with E-state index in [1.165, 1.54) is 5.56 Å². The van der Waals surface area contributed by atoms with Crippen molar-refractivity contribution in [3.05, 3.63) is 59.7 Å². The van der Waals surface area contributed by atoms with Crippen LogP contribution in [0.4, 0.5) is 5.69 Å². The molecule has 0 bridgehead atoms. The van der Waals surface area contributed by atoms with E-state index in [4.69, 9.17) is 5.73 Å². The molecule has 0 spiro atoms. The molecule has 3 heteroatoms. The first kappa shape index (κ1) is 14.4. The molecule has 0 atom stereocenters. The number of phenols is 1. The molecule has 106 valence electrons. The van der Waals surface area contributed by atoms with Gasteiger partial charge in [0, 0.05) is 24.3 Å². The normalized spacial score (nSPS) is 10.9. The molecule has 3 N–H and O–H groups in total. The molecule has 2 rings (SSSR count). The van der Waals surface area contributed by atoms with E-state index in [0.29, 0.717) is 18.0 Å². The zero-order valence-electron chi connectivity index (χ0n) is 11.9. The number of nitrogens with zero attached hydrogens (tertiary/aromatic N) is 1. The first-order chi connectivity index (χ1) is 9.69. The Morgan fingerprint density at radius 2 is 1.80 bits per heavy atom. The van der Waals surface area contributed by atoms with Gasteiger partial charge in [-0.25, -0.2) is 0 Å². The minimum absolute atomic E-state index is 0.313.